The molecule has 170 valence electrons. The first kappa shape index (κ1) is 21.8. The molecule has 5 heteroatoms. The molecule has 0 amide bonds. The van der Waals surface area contributed by atoms with Crippen molar-refractivity contribution in [3.05, 3.63) is 120 Å². The fraction of sp³-hybridized carbons (Fsp3) is 0.207. The molecule has 0 saturated carbocycles. The van der Waals surface area contributed by atoms with Crippen LogP contribution in [0.3, 0.4) is 0 Å². The maximum atomic E-state index is 9.81. The van der Waals surface area contributed by atoms with Gasteiger partial charge in [0.2, 0.25) is 0 Å². The Bertz CT molecular complexity index is 1180. The van der Waals surface area contributed by atoms with Gasteiger partial charge < -0.3 is 14.6 Å². The first-order valence-electron chi connectivity index (χ1n) is 11.7. The number of piperazine rings is 1. The summed E-state index contributed by atoms with van der Waals surface area (Å²) in [5, 5.41) is 13.5. The molecule has 0 bridgehead atoms. The smallest absolute Gasteiger partial charge is 0.117 e. The van der Waals surface area contributed by atoms with Crippen molar-refractivity contribution in [1.82, 2.24) is 4.90 Å². The Morgan fingerprint density at radius 1 is 0.824 bits per heavy atom. The summed E-state index contributed by atoms with van der Waals surface area (Å²) in [6, 6.07) is 33.2. The molecule has 1 N–H and O–H groups in total. The summed E-state index contributed by atoms with van der Waals surface area (Å²) in [5.74, 6) is 1.01. The average molecular weight is 449 g/mol. The summed E-state index contributed by atoms with van der Waals surface area (Å²) in [7, 11) is 0. The van der Waals surface area contributed by atoms with E-state index in [9.17, 15) is 5.26 Å². The highest BCUT2D eigenvalue weighted by atomic mass is 16.3. The largest absolute Gasteiger partial charge is 0.468 e. The molecule has 1 saturated heterocycles. The van der Waals surface area contributed by atoms with Crippen LogP contribution in [0.25, 0.3) is 0 Å². The van der Waals surface area contributed by atoms with Gasteiger partial charge in [0.1, 0.15) is 11.8 Å². The van der Waals surface area contributed by atoms with Crippen molar-refractivity contribution < 1.29 is 4.42 Å². The van der Waals surface area contributed by atoms with Crippen molar-refractivity contribution >= 4 is 11.4 Å². The lowest BCUT2D eigenvalue weighted by molar-refractivity contribution is 0.230. The van der Waals surface area contributed by atoms with Gasteiger partial charge in [-0.15, -0.1) is 0 Å². The van der Waals surface area contributed by atoms with Gasteiger partial charge in [0.25, 0.3) is 0 Å². The van der Waals surface area contributed by atoms with Crippen LogP contribution >= 0.6 is 0 Å². The quantitative estimate of drug-likeness (QED) is 0.394. The highest BCUT2D eigenvalue weighted by Gasteiger charge is 2.20. The van der Waals surface area contributed by atoms with E-state index in [1.165, 1.54) is 0 Å². The highest BCUT2D eigenvalue weighted by Crippen LogP contribution is 2.31. The van der Waals surface area contributed by atoms with Crippen LogP contribution in [0.2, 0.25) is 0 Å². The van der Waals surface area contributed by atoms with Gasteiger partial charge in [-0.3, -0.25) is 4.90 Å². The molecule has 34 heavy (non-hydrogen) atoms. The van der Waals surface area contributed by atoms with Crippen molar-refractivity contribution in [2.75, 3.05) is 36.4 Å². The van der Waals surface area contributed by atoms with Crippen molar-refractivity contribution in [2.45, 2.75) is 12.6 Å². The Kier molecular flexibility index (Phi) is 6.60. The Morgan fingerprint density at radius 3 is 2.09 bits per heavy atom. The van der Waals surface area contributed by atoms with Gasteiger partial charge in [0.05, 0.1) is 30.1 Å². The van der Waals surface area contributed by atoms with Gasteiger partial charge in [-0.05, 0) is 41.5 Å². The molecule has 1 fully saturated rings. The van der Waals surface area contributed by atoms with Gasteiger partial charge >= 0.3 is 0 Å². The van der Waals surface area contributed by atoms with E-state index in [1.54, 1.807) is 6.26 Å². The van der Waals surface area contributed by atoms with Crippen molar-refractivity contribution in [3.63, 3.8) is 0 Å². The zero-order valence-electron chi connectivity index (χ0n) is 19.1. The van der Waals surface area contributed by atoms with E-state index in [0.29, 0.717) is 5.56 Å². The van der Waals surface area contributed by atoms with Gasteiger partial charge in [-0.25, -0.2) is 0 Å². The Morgan fingerprint density at radius 2 is 1.50 bits per heavy atom. The number of anilines is 2. The molecule has 0 atom stereocenters. The molecule has 3 aromatic carbocycles. The fourth-order valence-electron chi connectivity index (χ4n) is 4.54. The monoisotopic (exact) mass is 448 g/mol. The third-order valence-electron chi connectivity index (χ3n) is 6.39. The molecule has 0 radical (unpaired) electrons. The number of hydrogen-bond acceptors (Lipinski definition) is 5. The Hall–Kier alpha value is -4.01. The lowest BCUT2D eigenvalue weighted by Gasteiger charge is -2.36. The molecule has 2 heterocycles. The second-order valence-electron chi connectivity index (χ2n) is 8.58. The van der Waals surface area contributed by atoms with Gasteiger partial charge in [0, 0.05) is 31.9 Å². The Balaban J connectivity index is 1.36. The molecule has 0 spiro atoms. The number of nitrogens with zero attached hydrogens (tertiary/aromatic N) is 3. The average Bonchev–Trinajstić information content (AvgIpc) is 3.42. The summed E-state index contributed by atoms with van der Waals surface area (Å²) in [6.45, 7) is 4.66. The second kappa shape index (κ2) is 10.3. The number of benzene rings is 3. The lowest BCUT2D eigenvalue weighted by Crippen LogP contribution is -2.45. The Labute approximate surface area is 200 Å². The van der Waals surface area contributed by atoms with E-state index in [0.717, 1.165) is 61.0 Å². The topological polar surface area (TPSA) is 55.4 Å². The van der Waals surface area contributed by atoms with E-state index in [2.05, 4.69) is 81.8 Å². The van der Waals surface area contributed by atoms with Gasteiger partial charge in [-0.1, -0.05) is 60.7 Å². The number of rotatable bonds is 7. The molecular weight excluding hydrogens is 420 g/mol. The van der Waals surface area contributed by atoms with E-state index >= 15 is 0 Å². The molecule has 0 unspecified atom stereocenters. The number of nitriles is 1. The van der Waals surface area contributed by atoms with Crippen LogP contribution in [-0.4, -0.2) is 31.1 Å². The molecular formula is C29H28N4O. The fourth-order valence-corrected chi connectivity index (χ4v) is 4.54. The number of hydrogen-bond donors (Lipinski definition) is 1. The summed E-state index contributed by atoms with van der Waals surface area (Å²) in [6.07, 6.45) is 1.73. The summed E-state index contributed by atoms with van der Waals surface area (Å²) >= 11 is 0. The van der Waals surface area contributed by atoms with Crippen LogP contribution in [-0.2, 0) is 6.54 Å². The van der Waals surface area contributed by atoms with E-state index in [4.69, 9.17) is 4.42 Å². The van der Waals surface area contributed by atoms with Crippen molar-refractivity contribution in [2.24, 2.45) is 0 Å². The van der Waals surface area contributed by atoms with Crippen LogP contribution in [0.5, 0.6) is 0 Å². The van der Waals surface area contributed by atoms with Crippen LogP contribution in [0.4, 0.5) is 11.4 Å². The minimum atomic E-state index is -0.0464. The third kappa shape index (κ3) is 4.98. The third-order valence-corrected chi connectivity index (χ3v) is 6.39. The van der Waals surface area contributed by atoms with Crippen molar-refractivity contribution in [3.8, 4) is 6.07 Å². The van der Waals surface area contributed by atoms with Crippen LogP contribution in [0, 0.1) is 11.3 Å². The second-order valence-corrected chi connectivity index (χ2v) is 8.58. The van der Waals surface area contributed by atoms with E-state index in [-0.39, 0.29) is 6.04 Å². The summed E-state index contributed by atoms with van der Waals surface area (Å²) in [5.41, 5.74) is 4.97. The molecule has 0 aliphatic carbocycles. The minimum Gasteiger partial charge on any atom is -0.468 e. The van der Waals surface area contributed by atoms with E-state index < -0.39 is 0 Å². The van der Waals surface area contributed by atoms with Crippen molar-refractivity contribution in [1.29, 1.82) is 5.26 Å². The van der Waals surface area contributed by atoms with Crippen LogP contribution in [0.1, 0.15) is 28.5 Å². The maximum Gasteiger partial charge on any atom is 0.117 e. The van der Waals surface area contributed by atoms with E-state index in [1.807, 2.05) is 30.3 Å². The number of nitrogens with one attached hydrogen (secondary N) is 1. The molecule has 5 nitrogen and oxygen atoms in total. The van der Waals surface area contributed by atoms with Crippen LogP contribution < -0.4 is 10.2 Å². The summed E-state index contributed by atoms with van der Waals surface area (Å²) in [4.78, 5) is 4.81. The molecule has 1 aromatic heterocycles. The predicted octanol–water partition coefficient (Wildman–Crippen LogP) is 5.67. The van der Waals surface area contributed by atoms with Gasteiger partial charge in [-0.2, -0.15) is 5.26 Å². The number of furan rings is 1. The molecule has 5 rings (SSSR count). The molecule has 4 aromatic rings. The maximum absolute atomic E-state index is 9.81. The first-order valence-corrected chi connectivity index (χ1v) is 11.7. The molecule has 1 aliphatic rings. The standard InChI is InChI=1S/C29H28N4O/c30-21-25-13-14-26(33-17-15-32(16-18-33)22-27-12-7-19-34-27)20-28(25)31-29(23-8-3-1-4-9-23)24-10-5-2-6-11-24/h1-14,19-20,29,31H,15-18,22H2. The zero-order valence-corrected chi connectivity index (χ0v) is 19.1. The molecule has 1 aliphatic heterocycles. The first-order chi connectivity index (χ1) is 16.8. The zero-order chi connectivity index (χ0) is 23.2. The van der Waals surface area contributed by atoms with Crippen LogP contribution in [0.15, 0.2) is 102 Å². The normalized spacial score (nSPS) is 14.2. The highest BCUT2D eigenvalue weighted by molar-refractivity contribution is 5.67. The summed E-state index contributed by atoms with van der Waals surface area (Å²) < 4.78 is 5.50. The predicted molar refractivity (Wildman–Crippen MR) is 136 cm³/mol. The minimum absolute atomic E-state index is 0.0464. The van der Waals surface area contributed by atoms with Gasteiger partial charge in [0.15, 0.2) is 0 Å². The SMILES string of the molecule is N#Cc1ccc(N2CCN(Cc3ccco3)CC2)cc1NC(c1ccccc1)c1ccccc1. The lowest BCUT2D eigenvalue weighted by atomic mass is 9.98.